The number of carbonyl (C=O) groups excluding carboxylic acids is 2. The normalized spacial score (nSPS) is 18.3. The van der Waals surface area contributed by atoms with Gasteiger partial charge in [-0.1, -0.05) is 36.4 Å². The molecule has 1 atom stereocenters. The molecule has 22 heavy (non-hydrogen) atoms. The predicted molar refractivity (Wildman–Crippen MR) is 86.8 cm³/mol. The summed E-state index contributed by atoms with van der Waals surface area (Å²) in [5.74, 6) is 0.108. The monoisotopic (exact) mass is 314 g/mol. The number of hydrogen-bond donors (Lipinski definition) is 0. The Balaban J connectivity index is 1.90. The highest BCUT2D eigenvalue weighted by Crippen LogP contribution is 2.28. The van der Waals surface area contributed by atoms with E-state index >= 15 is 0 Å². The zero-order valence-electron chi connectivity index (χ0n) is 12.4. The third-order valence-electron chi connectivity index (χ3n) is 4.00. The van der Waals surface area contributed by atoms with Gasteiger partial charge in [0.05, 0.1) is 10.9 Å². The van der Waals surface area contributed by atoms with Crippen LogP contribution in [0, 0.1) is 0 Å². The van der Waals surface area contributed by atoms with Gasteiger partial charge in [-0.3, -0.25) is 9.59 Å². The van der Waals surface area contributed by atoms with Crippen LogP contribution in [0.3, 0.4) is 0 Å². The summed E-state index contributed by atoms with van der Waals surface area (Å²) >= 11 is 1.46. The lowest BCUT2D eigenvalue weighted by molar-refractivity contribution is -0.131. The first-order valence-corrected chi connectivity index (χ1v) is 8.19. The Morgan fingerprint density at radius 2 is 1.86 bits per heavy atom. The lowest BCUT2D eigenvalue weighted by atomic mass is 10.0. The van der Waals surface area contributed by atoms with Gasteiger partial charge in [-0.25, -0.2) is 0 Å². The van der Waals surface area contributed by atoms with Crippen LogP contribution >= 0.6 is 11.3 Å². The molecule has 2 aromatic rings. The number of carbonyl (C=O) groups is 2. The summed E-state index contributed by atoms with van der Waals surface area (Å²) < 4.78 is 0. The van der Waals surface area contributed by atoms with E-state index in [4.69, 9.17) is 0 Å². The van der Waals surface area contributed by atoms with Crippen molar-refractivity contribution in [3.8, 4) is 0 Å². The largest absolute Gasteiger partial charge is 0.339 e. The van der Waals surface area contributed by atoms with Gasteiger partial charge in [0.15, 0.2) is 0 Å². The highest BCUT2D eigenvalue weighted by atomic mass is 32.1. The molecule has 1 aromatic heterocycles. The van der Waals surface area contributed by atoms with Gasteiger partial charge in [-0.15, -0.1) is 11.3 Å². The molecule has 1 unspecified atom stereocenters. The quantitative estimate of drug-likeness (QED) is 0.855. The molecule has 1 aliphatic rings. The molecular weight excluding hydrogens is 296 g/mol. The topological polar surface area (TPSA) is 40.6 Å². The Bertz CT molecular complexity index is 655. The molecule has 1 saturated heterocycles. The number of benzene rings is 1. The van der Waals surface area contributed by atoms with E-state index in [9.17, 15) is 9.59 Å². The van der Waals surface area contributed by atoms with E-state index in [2.05, 4.69) is 0 Å². The summed E-state index contributed by atoms with van der Waals surface area (Å²) in [6, 6.07) is 13.6. The Kier molecular flexibility index (Phi) is 4.24. The molecule has 2 heterocycles. The van der Waals surface area contributed by atoms with Crippen molar-refractivity contribution in [2.45, 2.75) is 13.0 Å². The Hall–Kier alpha value is -2.14. The van der Waals surface area contributed by atoms with Crippen molar-refractivity contribution in [2.24, 2.45) is 0 Å². The van der Waals surface area contributed by atoms with Crippen LogP contribution < -0.4 is 0 Å². The van der Waals surface area contributed by atoms with E-state index < -0.39 is 0 Å². The number of thiophene rings is 1. The molecule has 0 aliphatic carbocycles. The summed E-state index contributed by atoms with van der Waals surface area (Å²) in [4.78, 5) is 28.9. The maximum Gasteiger partial charge on any atom is 0.264 e. The van der Waals surface area contributed by atoms with Gasteiger partial charge in [-0.2, -0.15) is 0 Å². The average molecular weight is 314 g/mol. The van der Waals surface area contributed by atoms with Gasteiger partial charge in [0.2, 0.25) is 5.91 Å². The van der Waals surface area contributed by atoms with E-state index in [1.54, 1.807) is 6.92 Å². The fourth-order valence-corrected chi connectivity index (χ4v) is 3.49. The maximum absolute atomic E-state index is 12.8. The van der Waals surface area contributed by atoms with Crippen molar-refractivity contribution in [3.63, 3.8) is 0 Å². The Morgan fingerprint density at radius 3 is 2.50 bits per heavy atom. The molecule has 1 aliphatic heterocycles. The van der Waals surface area contributed by atoms with Crippen molar-refractivity contribution < 1.29 is 9.59 Å². The molecule has 0 saturated carbocycles. The van der Waals surface area contributed by atoms with E-state index in [0.717, 1.165) is 10.4 Å². The van der Waals surface area contributed by atoms with Crippen LogP contribution in [0.1, 0.15) is 28.2 Å². The predicted octanol–water partition coefficient (Wildman–Crippen LogP) is 2.79. The van der Waals surface area contributed by atoms with E-state index in [0.29, 0.717) is 19.6 Å². The molecular formula is C17H18N2O2S. The second-order valence-corrected chi connectivity index (χ2v) is 6.32. The minimum absolute atomic E-state index is 0.0482. The SMILES string of the molecule is CC(=O)N1CCN(C(=O)c2cccs2)C(c2ccccc2)C1. The summed E-state index contributed by atoms with van der Waals surface area (Å²) in [5, 5.41) is 1.91. The van der Waals surface area contributed by atoms with Gasteiger partial charge in [0, 0.05) is 26.6 Å². The van der Waals surface area contributed by atoms with E-state index in [1.807, 2.05) is 57.6 Å². The molecule has 3 rings (SSSR count). The number of amides is 2. The van der Waals surface area contributed by atoms with Crippen LogP contribution in [0.5, 0.6) is 0 Å². The number of nitrogens with zero attached hydrogens (tertiary/aromatic N) is 2. The fourth-order valence-electron chi connectivity index (χ4n) is 2.81. The standard InChI is InChI=1S/C17H18N2O2S/c1-13(20)18-9-10-19(17(21)16-8-5-11-22-16)15(12-18)14-6-3-2-4-7-14/h2-8,11,15H,9-10,12H2,1H3. The molecule has 1 aromatic carbocycles. The highest BCUT2D eigenvalue weighted by molar-refractivity contribution is 7.12. The number of rotatable bonds is 2. The van der Waals surface area contributed by atoms with Crippen molar-refractivity contribution >= 4 is 23.2 Å². The van der Waals surface area contributed by atoms with Crippen molar-refractivity contribution in [1.29, 1.82) is 0 Å². The van der Waals surface area contributed by atoms with Crippen LogP contribution in [0.4, 0.5) is 0 Å². The third kappa shape index (κ3) is 2.90. The van der Waals surface area contributed by atoms with Crippen molar-refractivity contribution in [1.82, 2.24) is 9.80 Å². The first kappa shape index (κ1) is 14.8. The molecule has 4 nitrogen and oxygen atoms in total. The van der Waals surface area contributed by atoms with Crippen molar-refractivity contribution in [2.75, 3.05) is 19.6 Å². The summed E-state index contributed by atoms with van der Waals surface area (Å²) in [5.41, 5.74) is 1.07. The summed E-state index contributed by atoms with van der Waals surface area (Å²) in [7, 11) is 0. The number of piperazine rings is 1. The maximum atomic E-state index is 12.8. The second-order valence-electron chi connectivity index (χ2n) is 5.37. The van der Waals surface area contributed by atoms with E-state index in [1.165, 1.54) is 11.3 Å². The lowest BCUT2D eigenvalue weighted by Crippen LogP contribution is -2.51. The first-order valence-electron chi connectivity index (χ1n) is 7.32. The van der Waals surface area contributed by atoms with Crippen LogP contribution in [0.15, 0.2) is 47.8 Å². The zero-order chi connectivity index (χ0) is 15.5. The van der Waals surface area contributed by atoms with Crippen molar-refractivity contribution in [3.05, 3.63) is 58.3 Å². The fraction of sp³-hybridized carbons (Fsp3) is 0.294. The van der Waals surface area contributed by atoms with Crippen LogP contribution in [0.25, 0.3) is 0 Å². The second kappa shape index (κ2) is 6.32. The smallest absolute Gasteiger partial charge is 0.264 e. The molecule has 0 radical (unpaired) electrons. The molecule has 0 bridgehead atoms. The number of hydrogen-bond acceptors (Lipinski definition) is 3. The molecule has 0 spiro atoms. The lowest BCUT2D eigenvalue weighted by Gasteiger charge is -2.41. The minimum atomic E-state index is -0.0894. The summed E-state index contributed by atoms with van der Waals surface area (Å²) in [6.45, 7) is 3.29. The zero-order valence-corrected chi connectivity index (χ0v) is 13.3. The first-order chi connectivity index (χ1) is 10.7. The van der Waals surface area contributed by atoms with Gasteiger partial charge < -0.3 is 9.80 Å². The molecule has 0 N–H and O–H groups in total. The van der Waals surface area contributed by atoms with Gasteiger partial charge in [0.25, 0.3) is 5.91 Å². The van der Waals surface area contributed by atoms with Gasteiger partial charge in [0.1, 0.15) is 0 Å². The van der Waals surface area contributed by atoms with Crippen LogP contribution in [-0.4, -0.2) is 41.2 Å². The van der Waals surface area contributed by atoms with Crippen LogP contribution in [0.2, 0.25) is 0 Å². The van der Waals surface area contributed by atoms with Gasteiger partial charge in [-0.05, 0) is 17.0 Å². The van der Waals surface area contributed by atoms with E-state index in [-0.39, 0.29) is 17.9 Å². The minimum Gasteiger partial charge on any atom is -0.339 e. The molecule has 2 amide bonds. The average Bonchev–Trinajstić information content (AvgIpc) is 3.09. The highest BCUT2D eigenvalue weighted by Gasteiger charge is 2.33. The summed E-state index contributed by atoms with van der Waals surface area (Å²) in [6.07, 6.45) is 0. The Morgan fingerprint density at radius 1 is 1.09 bits per heavy atom. The molecule has 5 heteroatoms. The van der Waals surface area contributed by atoms with Gasteiger partial charge >= 0.3 is 0 Å². The molecule has 1 fully saturated rings. The third-order valence-corrected chi connectivity index (χ3v) is 4.86. The van der Waals surface area contributed by atoms with Crippen LogP contribution in [-0.2, 0) is 4.79 Å². The Labute approximate surface area is 134 Å². The molecule has 114 valence electrons.